The molecule has 0 radical (unpaired) electrons. The van der Waals surface area contributed by atoms with Crippen LogP contribution in [0.1, 0.15) is 25.0 Å². The van der Waals surface area contributed by atoms with E-state index in [1.54, 1.807) is 16.7 Å². The number of hydrogen-bond donors (Lipinski definition) is 0. The number of fused-ring (bicyclic) bond motifs is 1. The summed E-state index contributed by atoms with van der Waals surface area (Å²) in [6.45, 7) is -2.33. The Morgan fingerprint density at radius 2 is 1.83 bits per heavy atom. The van der Waals surface area contributed by atoms with Crippen molar-refractivity contribution in [2.75, 3.05) is 14.0 Å². The Morgan fingerprint density at radius 1 is 1.13 bits per heavy atom. The summed E-state index contributed by atoms with van der Waals surface area (Å²) in [7, 11) is 0. The van der Waals surface area contributed by atoms with E-state index in [-0.39, 0.29) is 4.90 Å². The van der Waals surface area contributed by atoms with Crippen LogP contribution in [0.5, 0.6) is 0 Å². The lowest BCUT2D eigenvalue weighted by Gasteiger charge is -2.11. The molecule has 23 heavy (non-hydrogen) atoms. The molecule has 0 aliphatic carbocycles. The maximum Gasteiger partial charge on any atom is 0.228 e. The van der Waals surface area contributed by atoms with Crippen molar-refractivity contribution in [2.45, 2.75) is 20.3 Å². The van der Waals surface area contributed by atoms with Gasteiger partial charge in [-0.15, -0.1) is 0 Å². The van der Waals surface area contributed by atoms with Crippen LogP contribution in [0.2, 0.25) is 0 Å². The minimum Gasteiger partial charge on any atom is -0.348 e. The monoisotopic (exact) mass is 313 g/mol. The molecule has 2 aromatic heterocycles. The van der Waals surface area contributed by atoms with Crippen LogP contribution < -0.4 is 0 Å². The smallest absolute Gasteiger partial charge is 0.228 e. The first-order chi connectivity index (χ1) is 13.4. The maximum atomic E-state index is 12.8. The van der Waals surface area contributed by atoms with Gasteiger partial charge in [-0.2, -0.15) is 0 Å². The van der Waals surface area contributed by atoms with Crippen LogP contribution in [0, 0.1) is 13.8 Å². The molecule has 0 unspecified atom stereocenters. The number of benzene rings is 1. The first kappa shape index (κ1) is 9.50. The number of pyridine rings is 1. The van der Waals surface area contributed by atoms with Gasteiger partial charge in [-0.25, -0.2) is 4.98 Å². The fraction of sp³-hybridized carbons (Fsp3) is 0.263. The third-order valence-corrected chi connectivity index (χ3v) is 3.76. The second-order valence-corrected chi connectivity index (χ2v) is 5.61. The summed E-state index contributed by atoms with van der Waals surface area (Å²) in [6, 6.07) is 11.2. The quantitative estimate of drug-likeness (QED) is 0.744. The van der Waals surface area contributed by atoms with Crippen LogP contribution in [-0.4, -0.2) is 34.1 Å². The summed E-state index contributed by atoms with van der Waals surface area (Å²) in [4.78, 5) is 17.4. The summed E-state index contributed by atoms with van der Waals surface area (Å²) in [6.07, 6.45) is 1.38. The van der Waals surface area contributed by atoms with Gasteiger partial charge in [-0.05, 0) is 25.5 Å². The molecule has 0 aliphatic heterocycles. The molecular formula is C19H21N3O. The molecule has 3 rings (SSSR count). The van der Waals surface area contributed by atoms with Crippen LogP contribution in [0.3, 0.4) is 0 Å². The van der Waals surface area contributed by atoms with E-state index in [9.17, 15) is 4.79 Å². The minimum atomic E-state index is -3.08. The highest BCUT2D eigenvalue weighted by atomic mass is 16.2. The standard InChI is InChI=1S/C19H21N3O/c1-13-5-8-15(9-6-13)19-16(11-18(23)21(3)4)22-12-14(2)7-10-17(22)20-19/h5-10,12H,11H2,1-4H3/i3D3,4D3. The summed E-state index contributed by atoms with van der Waals surface area (Å²) in [5.41, 5.74) is 4.28. The number of nitrogens with zero attached hydrogens (tertiary/aromatic N) is 3. The molecule has 1 aromatic carbocycles. The normalized spacial score (nSPS) is 15.9. The largest absolute Gasteiger partial charge is 0.348 e. The summed E-state index contributed by atoms with van der Waals surface area (Å²) < 4.78 is 46.7. The SMILES string of the molecule is [2H]C([2H])([2H])N(C(=O)Cc1c(-c2ccc(C)cc2)nc2ccc(C)cn12)C([2H])([2H])[2H]. The number of amides is 1. The number of aryl methyl sites for hydroxylation is 2. The van der Waals surface area contributed by atoms with Crippen molar-refractivity contribution in [3.05, 3.63) is 59.4 Å². The second kappa shape index (κ2) is 5.88. The van der Waals surface area contributed by atoms with Gasteiger partial charge in [-0.3, -0.25) is 4.79 Å². The lowest BCUT2D eigenvalue weighted by Crippen LogP contribution is -2.24. The Balaban J connectivity index is 2.14. The van der Waals surface area contributed by atoms with E-state index < -0.39 is 26.3 Å². The molecule has 3 aromatic rings. The Morgan fingerprint density at radius 3 is 2.52 bits per heavy atom. The van der Waals surface area contributed by atoms with Crippen molar-refractivity contribution in [2.24, 2.45) is 0 Å². The first-order valence-electron chi connectivity index (χ1n) is 10.3. The van der Waals surface area contributed by atoms with Gasteiger partial charge >= 0.3 is 0 Å². The van der Waals surface area contributed by atoms with E-state index in [1.165, 1.54) is 0 Å². The average Bonchev–Trinajstić information content (AvgIpc) is 2.90. The van der Waals surface area contributed by atoms with Crippen molar-refractivity contribution < 1.29 is 13.0 Å². The van der Waals surface area contributed by atoms with E-state index in [2.05, 4.69) is 4.98 Å². The van der Waals surface area contributed by atoms with E-state index in [1.807, 2.05) is 44.2 Å². The van der Waals surface area contributed by atoms with Gasteiger partial charge in [0, 0.05) is 33.9 Å². The average molecular weight is 313 g/mol. The van der Waals surface area contributed by atoms with Crippen LogP contribution in [0.15, 0.2) is 42.6 Å². The lowest BCUT2D eigenvalue weighted by atomic mass is 10.1. The van der Waals surface area contributed by atoms with Gasteiger partial charge in [0.25, 0.3) is 0 Å². The molecule has 0 fully saturated rings. The van der Waals surface area contributed by atoms with Crippen molar-refractivity contribution in [3.8, 4) is 11.3 Å². The summed E-state index contributed by atoms with van der Waals surface area (Å²) >= 11 is 0. The predicted molar refractivity (Wildman–Crippen MR) is 92.5 cm³/mol. The fourth-order valence-electron chi connectivity index (χ4n) is 2.53. The number of aromatic nitrogens is 2. The highest BCUT2D eigenvalue weighted by Gasteiger charge is 2.18. The third kappa shape index (κ3) is 2.97. The topological polar surface area (TPSA) is 37.6 Å². The lowest BCUT2D eigenvalue weighted by molar-refractivity contribution is -0.128. The van der Waals surface area contributed by atoms with Crippen LogP contribution in [-0.2, 0) is 11.2 Å². The zero-order valence-electron chi connectivity index (χ0n) is 19.0. The number of carbonyl (C=O) groups excluding carboxylic acids is 1. The van der Waals surface area contributed by atoms with Gasteiger partial charge in [0.1, 0.15) is 5.65 Å². The molecule has 118 valence electrons. The Bertz CT molecular complexity index is 1040. The molecule has 0 aliphatic rings. The van der Waals surface area contributed by atoms with Crippen LogP contribution in [0.4, 0.5) is 0 Å². The van der Waals surface area contributed by atoms with E-state index in [0.29, 0.717) is 17.0 Å². The molecule has 0 saturated heterocycles. The Kier molecular flexibility index (Phi) is 2.43. The van der Waals surface area contributed by atoms with E-state index in [4.69, 9.17) is 8.22 Å². The Labute approximate surface area is 144 Å². The minimum absolute atomic E-state index is 0.00584. The summed E-state index contributed by atoms with van der Waals surface area (Å²) in [5.74, 6) is -1.01. The van der Waals surface area contributed by atoms with Gasteiger partial charge in [0.05, 0.1) is 17.8 Å². The van der Waals surface area contributed by atoms with Gasteiger partial charge in [0.15, 0.2) is 0 Å². The highest BCUT2D eigenvalue weighted by Crippen LogP contribution is 2.26. The molecule has 2 heterocycles. The van der Waals surface area contributed by atoms with Crippen molar-refractivity contribution >= 4 is 11.6 Å². The molecule has 0 atom stereocenters. The number of carbonyl (C=O) groups is 1. The van der Waals surface area contributed by atoms with Crippen LogP contribution >= 0.6 is 0 Å². The molecule has 4 heteroatoms. The zero-order chi connectivity index (χ0) is 21.6. The number of likely N-dealkylation sites (N-methyl/N-ethyl adjacent to an activating group) is 1. The van der Waals surface area contributed by atoms with Gasteiger partial charge in [-0.1, -0.05) is 35.9 Å². The third-order valence-electron chi connectivity index (χ3n) is 3.76. The highest BCUT2D eigenvalue weighted by molar-refractivity contribution is 5.81. The first-order valence-corrected chi connectivity index (χ1v) is 7.26. The molecule has 4 nitrogen and oxygen atoms in total. The van der Waals surface area contributed by atoms with Crippen molar-refractivity contribution in [1.82, 2.24) is 14.3 Å². The fourth-order valence-corrected chi connectivity index (χ4v) is 2.53. The van der Waals surface area contributed by atoms with Gasteiger partial charge in [0.2, 0.25) is 5.91 Å². The molecule has 0 N–H and O–H groups in total. The molecule has 0 bridgehead atoms. The van der Waals surface area contributed by atoms with Gasteiger partial charge < -0.3 is 9.30 Å². The second-order valence-electron chi connectivity index (χ2n) is 5.61. The molecule has 1 amide bonds. The molecule has 0 spiro atoms. The maximum absolute atomic E-state index is 12.8. The van der Waals surface area contributed by atoms with Crippen LogP contribution in [0.25, 0.3) is 16.9 Å². The number of rotatable bonds is 3. The number of hydrogen-bond acceptors (Lipinski definition) is 2. The summed E-state index contributed by atoms with van der Waals surface area (Å²) in [5, 5.41) is 0. The molecular weight excluding hydrogens is 286 g/mol. The van der Waals surface area contributed by atoms with E-state index >= 15 is 0 Å². The Hall–Kier alpha value is -2.62. The molecule has 0 saturated carbocycles. The van der Waals surface area contributed by atoms with Crippen molar-refractivity contribution in [1.29, 1.82) is 0 Å². The zero-order valence-corrected chi connectivity index (χ0v) is 13.0. The van der Waals surface area contributed by atoms with Crippen molar-refractivity contribution in [3.63, 3.8) is 0 Å². The predicted octanol–water partition coefficient (Wildman–Crippen LogP) is 3.25. The van der Waals surface area contributed by atoms with E-state index in [0.717, 1.165) is 16.7 Å². The number of imidazole rings is 1.